The summed E-state index contributed by atoms with van der Waals surface area (Å²) >= 11 is 0. The quantitative estimate of drug-likeness (QED) is 0.625. The van der Waals surface area contributed by atoms with Crippen LogP contribution in [0.5, 0.6) is 0 Å². The molecule has 1 aromatic heterocycles. The molecule has 0 atom stereocenters. The van der Waals surface area contributed by atoms with E-state index in [0.29, 0.717) is 17.9 Å². The molecule has 0 bridgehead atoms. The summed E-state index contributed by atoms with van der Waals surface area (Å²) in [4.78, 5) is 10.8. The van der Waals surface area contributed by atoms with Gasteiger partial charge in [0.15, 0.2) is 0 Å². The highest BCUT2D eigenvalue weighted by Crippen LogP contribution is 2.31. The number of hydrogen-bond acceptors (Lipinski definition) is 4. The molecule has 0 unspecified atom stereocenters. The number of nitro groups is 1. The van der Waals surface area contributed by atoms with Crippen LogP contribution in [-0.2, 0) is 13.5 Å². The zero-order valence-electron chi connectivity index (χ0n) is 11.8. The maximum atomic E-state index is 11.2. The first-order chi connectivity index (χ1) is 8.32. The largest absolute Gasteiger partial charge is 0.360 e. The van der Waals surface area contributed by atoms with Crippen molar-refractivity contribution in [2.75, 3.05) is 5.32 Å². The average Bonchev–Trinajstić information content (AvgIpc) is 2.54. The van der Waals surface area contributed by atoms with Gasteiger partial charge in [0.2, 0.25) is 5.82 Å². The molecular formula is C12H22N4O2. The molecule has 0 fully saturated rings. The molecule has 0 amide bonds. The van der Waals surface area contributed by atoms with Crippen LogP contribution in [0.25, 0.3) is 0 Å². The number of aromatic nitrogens is 2. The van der Waals surface area contributed by atoms with E-state index in [9.17, 15) is 10.1 Å². The molecule has 0 aliphatic heterocycles. The molecule has 6 heteroatoms. The van der Waals surface area contributed by atoms with Gasteiger partial charge in [0.25, 0.3) is 0 Å². The van der Waals surface area contributed by atoms with E-state index in [1.54, 1.807) is 11.7 Å². The van der Waals surface area contributed by atoms with Crippen LogP contribution in [0.4, 0.5) is 11.5 Å². The Morgan fingerprint density at radius 3 is 2.50 bits per heavy atom. The summed E-state index contributed by atoms with van der Waals surface area (Å²) < 4.78 is 1.56. The van der Waals surface area contributed by atoms with Crippen molar-refractivity contribution >= 4 is 11.5 Å². The number of rotatable bonds is 6. The molecule has 6 nitrogen and oxygen atoms in total. The lowest BCUT2D eigenvalue weighted by atomic mass is 9.99. The van der Waals surface area contributed by atoms with Crippen molar-refractivity contribution in [3.05, 3.63) is 15.8 Å². The summed E-state index contributed by atoms with van der Waals surface area (Å²) in [6.07, 6.45) is 2.52. The van der Waals surface area contributed by atoms with E-state index in [2.05, 4.69) is 17.3 Å². The molecular weight excluding hydrogens is 232 g/mol. The summed E-state index contributed by atoms with van der Waals surface area (Å²) in [5.74, 6) is 0.496. The number of anilines is 1. The Morgan fingerprint density at radius 1 is 1.44 bits per heavy atom. The Balaban J connectivity index is 3.15. The molecule has 0 aliphatic rings. The lowest BCUT2D eigenvalue weighted by Gasteiger charge is -2.26. The number of aryl methyl sites for hydroxylation is 2. The van der Waals surface area contributed by atoms with Crippen LogP contribution in [0.3, 0.4) is 0 Å². The average molecular weight is 254 g/mol. The highest BCUT2D eigenvalue weighted by atomic mass is 16.6. The van der Waals surface area contributed by atoms with Crippen molar-refractivity contribution in [3.8, 4) is 0 Å². The van der Waals surface area contributed by atoms with Crippen molar-refractivity contribution in [3.63, 3.8) is 0 Å². The molecule has 0 spiro atoms. The Labute approximate surface area is 108 Å². The summed E-state index contributed by atoms with van der Waals surface area (Å²) in [6.45, 7) is 8.05. The van der Waals surface area contributed by atoms with Gasteiger partial charge in [-0.2, -0.15) is 5.10 Å². The van der Waals surface area contributed by atoms with Crippen molar-refractivity contribution in [1.82, 2.24) is 9.78 Å². The monoisotopic (exact) mass is 254 g/mol. The maximum Gasteiger partial charge on any atom is 0.333 e. The predicted molar refractivity (Wildman–Crippen MR) is 71.9 cm³/mol. The lowest BCUT2D eigenvalue weighted by molar-refractivity contribution is -0.384. The minimum Gasteiger partial charge on any atom is -0.360 e. The van der Waals surface area contributed by atoms with Gasteiger partial charge in [0.1, 0.15) is 5.69 Å². The molecule has 1 rings (SSSR count). The van der Waals surface area contributed by atoms with E-state index >= 15 is 0 Å². The van der Waals surface area contributed by atoms with Gasteiger partial charge in [0.05, 0.1) is 4.92 Å². The smallest absolute Gasteiger partial charge is 0.333 e. The van der Waals surface area contributed by atoms with Gasteiger partial charge in [-0.3, -0.25) is 10.1 Å². The number of nitrogens with one attached hydrogen (secondary N) is 1. The Morgan fingerprint density at radius 2 is 2.06 bits per heavy atom. The van der Waals surface area contributed by atoms with Crippen LogP contribution in [0.2, 0.25) is 0 Å². The van der Waals surface area contributed by atoms with Crippen LogP contribution in [0.1, 0.15) is 46.2 Å². The second-order valence-corrected chi connectivity index (χ2v) is 5.14. The van der Waals surface area contributed by atoms with Crippen LogP contribution in [0, 0.1) is 10.1 Å². The van der Waals surface area contributed by atoms with Crippen molar-refractivity contribution < 1.29 is 4.92 Å². The topological polar surface area (TPSA) is 73.0 Å². The van der Waals surface area contributed by atoms with Gasteiger partial charge < -0.3 is 5.32 Å². The van der Waals surface area contributed by atoms with Crippen LogP contribution in [-0.4, -0.2) is 20.2 Å². The van der Waals surface area contributed by atoms with Crippen LogP contribution in [0.15, 0.2) is 0 Å². The second-order valence-electron chi connectivity index (χ2n) is 5.14. The third-order valence-electron chi connectivity index (χ3n) is 2.94. The predicted octanol–water partition coefficient (Wildman–Crippen LogP) is 2.88. The Kier molecular flexibility index (Phi) is 4.32. The highest BCUT2D eigenvalue weighted by Gasteiger charge is 2.29. The van der Waals surface area contributed by atoms with Gasteiger partial charge in [-0.15, -0.1) is 0 Å². The van der Waals surface area contributed by atoms with Crippen LogP contribution < -0.4 is 5.32 Å². The Bertz CT molecular complexity index is 438. The summed E-state index contributed by atoms with van der Waals surface area (Å²) in [5, 5.41) is 18.6. The fourth-order valence-electron chi connectivity index (χ4n) is 2.15. The minimum atomic E-state index is -0.351. The fourth-order valence-corrected chi connectivity index (χ4v) is 2.15. The molecule has 0 aliphatic carbocycles. The van der Waals surface area contributed by atoms with Crippen molar-refractivity contribution in [2.24, 2.45) is 7.05 Å². The van der Waals surface area contributed by atoms with Gasteiger partial charge in [-0.25, -0.2) is 4.68 Å². The molecule has 0 aromatic carbocycles. The second kappa shape index (κ2) is 5.37. The molecule has 0 saturated carbocycles. The molecule has 1 N–H and O–H groups in total. The first-order valence-electron chi connectivity index (χ1n) is 6.30. The molecule has 0 radical (unpaired) electrons. The number of hydrogen-bond donors (Lipinski definition) is 1. The first-order valence-corrected chi connectivity index (χ1v) is 6.30. The molecule has 0 saturated heterocycles. The zero-order chi connectivity index (χ0) is 13.9. The first kappa shape index (κ1) is 14.5. The SMILES string of the molecule is CCCC(C)(C)Nc1c([N+](=O)[O-])c(CC)nn1C. The third-order valence-corrected chi connectivity index (χ3v) is 2.94. The standard InChI is InChI=1S/C12H22N4O2/c1-6-8-12(3,4)13-11-10(16(17)18)9(7-2)14-15(11)5/h13H,6-8H2,1-5H3. The summed E-state index contributed by atoms with van der Waals surface area (Å²) in [6, 6.07) is 0. The zero-order valence-corrected chi connectivity index (χ0v) is 11.8. The van der Waals surface area contributed by atoms with Gasteiger partial charge in [0, 0.05) is 12.6 Å². The van der Waals surface area contributed by atoms with E-state index in [1.165, 1.54) is 0 Å². The van der Waals surface area contributed by atoms with Gasteiger partial charge in [-0.1, -0.05) is 20.3 Å². The van der Waals surface area contributed by atoms with Gasteiger partial charge >= 0.3 is 5.69 Å². The number of nitrogens with zero attached hydrogens (tertiary/aromatic N) is 3. The molecule has 102 valence electrons. The summed E-state index contributed by atoms with van der Waals surface area (Å²) in [5.41, 5.74) is 0.444. The van der Waals surface area contributed by atoms with E-state index in [0.717, 1.165) is 12.8 Å². The molecule has 1 aromatic rings. The van der Waals surface area contributed by atoms with Crippen molar-refractivity contribution in [1.29, 1.82) is 0 Å². The van der Waals surface area contributed by atoms with E-state index in [4.69, 9.17) is 0 Å². The van der Waals surface area contributed by atoms with Gasteiger partial charge in [-0.05, 0) is 26.7 Å². The van der Waals surface area contributed by atoms with E-state index < -0.39 is 0 Å². The minimum absolute atomic E-state index is 0.101. The fraction of sp³-hybridized carbons (Fsp3) is 0.750. The van der Waals surface area contributed by atoms with Crippen molar-refractivity contribution in [2.45, 2.75) is 52.5 Å². The van der Waals surface area contributed by atoms with E-state index in [1.807, 2.05) is 20.8 Å². The van der Waals surface area contributed by atoms with E-state index in [-0.39, 0.29) is 16.1 Å². The third kappa shape index (κ3) is 3.00. The highest BCUT2D eigenvalue weighted by molar-refractivity contribution is 5.60. The lowest BCUT2D eigenvalue weighted by Crippen LogP contribution is -2.31. The van der Waals surface area contributed by atoms with Crippen LogP contribution >= 0.6 is 0 Å². The maximum absolute atomic E-state index is 11.2. The Hall–Kier alpha value is -1.59. The molecule has 18 heavy (non-hydrogen) atoms. The molecule has 1 heterocycles. The normalized spacial score (nSPS) is 11.6. The summed E-state index contributed by atoms with van der Waals surface area (Å²) in [7, 11) is 1.73.